The first-order valence-corrected chi connectivity index (χ1v) is 42.0. The molecule has 114 heavy (non-hydrogen) atoms. The molecule has 2 aliphatic carbocycles. The number of hydrogen-bond acceptors (Lipinski definition) is 9. The number of fused-ring (bicyclic) bond motifs is 2. The molecule has 2 aliphatic rings. The van der Waals surface area contributed by atoms with Crippen LogP contribution in [0.4, 0.5) is 13.2 Å². The summed E-state index contributed by atoms with van der Waals surface area (Å²) in [4.78, 5) is 49.2. The van der Waals surface area contributed by atoms with Gasteiger partial charge in [0, 0.05) is 30.3 Å². The number of carbonyl (C=O) groups excluding carboxylic acids is 3. The Bertz CT molecular complexity index is 5760. The summed E-state index contributed by atoms with van der Waals surface area (Å²) in [5.74, 6) is -3.71. The average molecular weight is 1570 g/mol. The summed E-state index contributed by atoms with van der Waals surface area (Å²) < 4.78 is 85.0. The van der Waals surface area contributed by atoms with E-state index in [-0.39, 0.29) is 17.2 Å². The molecule has 0 amide bonds. The predicted molar refractivity (Wildman–Crippen MR) is 445 cm³/mol. The Morgan fingerprint density at radius 2 is 0.649 bits per heavy atom. The molecule has 0 radical (unpaired) electrons. The molecule has 2 fully saturated rings. The Labute approximate surface area is 670 Å². The van der Waals surface area contributed by atoms with Gasteiger partial charge in [-0.1, -0.05) is 182 Å². The summed E-state index contributed by atoms with van der Waals surface area (Å²) in [7, 11) is -2.06. The maximum Gasteiger partial charge on any atom is 0.345 e. The Morgan fingerprint density at radius 3 is 1.11 bits per heavy atom. The van der Waals surface area contributed by atoms with E-state index in [4.69, 9.17) is 28.4 Å². The summed E-state index contributed by atoms with van der Waals surface area (Å²) in [5, 5.41) is 4.09. The zero-order chi connectivity index (χ0) is 78.2. The molecule has 15 heteroatoms. The van der Waals surface area contributed by atoms with Crippen molar-refractivity contribution in [2.24, 2.45) is 0 Å². The highest BCUT2D eigenvalue weighted by Crippen LogP contribution is 2.47. The van der Waals surface area contributed by atoms with Crippen molar-refractivity contribution in [1.82, 2.24) is 0 Å². The van der Waals surface area contributed by atoms with Crippen molar-refractivity contribution < 1.29 is 56.0 Å². The van der Waals surface area contributed by atoms with Gasteiger partial charge in [-0.25, -0.2) is 27.6 Å². The number of halogens is 3. The highest BCUT2D eigenvalue weighted by Gasteiger charge is 2.42. The molecule has 14 aromatic rings. The van der Waals surface area contributed by atoms with E-state index < -0.39 is 105 Å². The van der Waals surface area contributed by atoms with Gasteiger partial charge in [0.2, 0.25) is 0 Å². The molecule has 0 aromatic heterocycles. The van der Waals surface area contributed by atoms with E-state index in [1.165, 1.54) is 18.2 Å². The van der Waals surface area contributed by atoms with Crippen molar-refractivity contribution in [3.05, 3.63) is 362 Å². The first-order chi connectivity index (χ1) is 55.6. The van der Waals surface area contributed by atoms with E-state index in [0.29, 0.717) is 25.7 Å². The van der Waals surface area contributed by atoms with E-state index in [2.05, 4.69) is 54.6 Å². The summed E-state index contributed by atoms with van der Waals surface area (Å²) in [6, 6.07) is 106. The minimum absolute atomic E-state index is 0.0179. The van der Waals surface area contributed by atoms with Crippen molar-refractivity contribution in [3.63, 3.8) is 0 Å². The van der Waals surface area contributed by atoms with Crippen molar-refractivity contribution in [2.45, 2.75) is 126 Å². The van der Waals surface area contributed by atoms with Gasteiger partial charge >= 0.3 is 17.9 Å². The number of benzene rings is 14. The molecule has 16 rings (SSSR count). The molecule has 9 nitrogen and oxygen atoms in total. The number of esters is 3. The molecule has 568 valence electrons. The van der Waals surface area contributed by atoms with Crippen LogP contribution in [-0.2, 0) is 78.1 Å². The van der Waals surface area contributed by atoms with E-state index in [9.17, 15) is 14.4 Å². The monoisotopic (exact) mass is 1570 g/mol. The first-order valence-electron chi connectivity index (χ1n) is 38.3. The van der Waals surface area contributed by atoms with Crippen LogP contribution in [0.25, 0.3) is 43.8 Å². The number of hydrogen-bond donors (Lipinski definition) is 0. The van der Waals surface area contributed by atoms with Crippen molar-refractivity contribution >= 4 is 72.1 Å². The van der Waals surface area contributed by atoms with Crippen LogP contribution >= 0.6 is 0 Å². The minimum Gasteiger partial charge on any atom is -0.479 e. The van der Waals surface area contributed by atoms with Crippen LogP contribution in [0.5, 0.6) is 17.2 Å². The quantitative estimate of drug-likeness (QED) is 0.0298. The SMILES string of the molecule is CC(C)(OC(=O)COc1ccc([S+](c2ccccc2)c2cccc(-c3ccc(C4(OC(=O)COc5ccc([S+](c6ccccc6)c6cccc(-c7ccc8cc(C9(OC(=O)COc%10ccc([S+](c%11ccccc%11)c%11ccccc%11)cc%10F)CCCC9)ccc8c7)c6)cc5F)CCCC4)cc3)c2)cc1F)c1ccc2ccccc2c1. The molecule has 0 N–H and O–H groups in total. The van der Waals surface area contributed by atoms with Crippen LogP contribution in [0.15, 0.2) is 372 Å². The third-order valence-corrected chi connectivity index (χ3v) is 27.8. The summed E-state index contributed by atoms with van der Waals surface area (Å²) >= 11 is 0. The lowest BCUT2D eigenvalue weighted by Crippen LogP contribution is -2.31. The second-order valence-electron chi connectivity index (χ2n) is 29.1. The van der Waals surface area contributed by atoms with Crippen LogP contribution in [0.1, 0.15) is 81.9 Å². The molecule has 2 unspecified atom stereocenters. The van der Waals surface area contributed by atoms with Crippen LogP contribution < -0.4 is 14.2 Å². The van der Waals surface area contributed by atoms with Crippen molar-refractivity contribution in [2.75, 3.05) is 19.8 Å². The third kappa shape index (κ3) is 17.0. The highest BCUT2D eigenvalue weighted by atomic mass is 32.2. The van der Waals surface area contributed by atoms with E-state index in [0.717, 1.165) is 130 Å². The Balaban J connectivity index is 0.559. The van der Waals surface area contributed by atoms with Gasteiger partial charge < -0.3 is 28.4 Å². The van der Waals surface area contributed by atoms with Gasteiger partial charge in [0.25, 0.3) is 0 Å². The van der Waals surface area contributed by atoms with Gasteiger partial charge in [-0.05, 0) is 241 Å². The first kappa shape index (κ1) is 76.2. The number of ether oxygens (including phenoxy) is 6. The fourth-order valence-electron chi connectivity index (χ4n) is 15.5. The Morgan fingerprint density at radius 1 is 0.307 bits per heavy atom. The number of rotatable bonds is 26. The number of carbonyl (C=O) groups is 3. The van der Waals surface area contributed by atoms with Crippen LogP contribution in [0.2, 0.25) is 0 Å². The second-order valence-corrected chi connectivity index (χ2v) is 35.2. The standard InChI is InChI=1S/C99H82F3O9S3/c1-97(2,77-45-41-68-23-15-16-24-70(68)58-77)109-94(103)65-106-91-51-48-86(63-89(91)101)113(81-31-11-5-12-32-81)83-35-21-25-71(60-83)69-39-43-76(44-40-69)98(53-17-18-54-98)110-95(104)66-107-93-52-49-87(64-90(93)102)114(82-33-13-6-14-34-82)84-36-22-26-72(61-84)73-37-38-75-59-78(46-42-74(75)57-73)99(55-19-20-56-99)111-96(105)67-108-92-50-47-85(62-88(92)100)112(79-27-7-3-8-28-79)80-29-9-4-10-30-80/h3-16,21-52,57-64H,17-20,53-56,65-67H2,1-2H3/q+3. The molecular formula is C99H82F3O9S3+3. The average Bonchev–Trinajstić information content (AvgIpc) is 1.11. The zero-order valence-electron chi connectivity index (χ0n) is 63.0. The van der Waals surface area contributed by atoms with E-state index in [1.54, 1.807) is 18.2 Å². The molecule has 14 aromatic carbocycles. The zero-order valence-corrected chi connectivity index (χ0v) is 65.4. The van der Waals surface area contributed by atoms with Crippen LogP contribution in [0.3, 0.4) is 0 Å². The van der Waals surface area contributed by atoms with Gasteiger partial charge in [-0.2, -0.15) is 0 Å². The molecular weight excluding hydrogens is 1490 g/mol. The lowest BCUT2D eigenvalue weighted by Gasteiger charge is -2.30. The lowest BCUT2D eigenvalue weighted by atomic mass is 9.89. The molecule has 0 aliphatic heterocycles. The van der Waals surface area contributed by atoms with Crippen molar-refractivity contribution in [3.8, 4) is 39.5 Å². The Kier molecular flexibility index (Phi) is 22.7. The Hall–Kier alpha value is -11.8. The summed E-state index contributed by atoms with van der Waals surface area (Å²) in [5.41, 5.74) is 3.70. The van der Waals surface area contributed by atoms with Gasteiger partial charge in [-0.15, -0.1) is 0 Å². The van der Waals surface area contributed by atoms with Crippen molar-refractivity contribution in [1.29, 1.82) is 0 Å². The smallest absolute Gasteiger partial charge is 0.345 e. The second kappa shape index (κ2) is 33.9. The molecule has 0 heterocycles. The highest BCUT2D eigenvalue weighted by molar-refractivity contribution is 7.97. The molecule has 0 saturated heterocycles. The van der Waals surface area contributed by atoms with Crippen LogP contribution in [0, 0.1) is 17.5 Å². The maximum absolute atomic E-state index is 16.6. The van der Waals surface area contributed by atoms with Crippen LogP contribution in [-0.4, -0.2) is 37.7 Å². The predicted octanol–water partition coefficient (Wildman–Crippen LogP) is 23.7. The van der Waals surface area contributed by atoms with Gasteiger partial charge in [0.1, 0.15) is 16.8 Å². The summed E-state index contributed by atoms with van der Waals surface area (Å²) in [6.45, 7) is 2.22. The third-order valence-electron chi connectivity index (χ3n) is 21.2. The molecule has 0 bridgehead atoms. The lowest BCUT2D eigenvalue weighted by molar-refractivity contribution is -0.164. The van der Waals surface area contributed by atoms with E-state index >= 15 is 13.2 Å². The van der Waals surface area contributed by atoms with E-state index in [1.807, 2.05) is 250 Å². The normalized spacial score (nSPS) is 14.3. The molecule has 2 atom stereocenters. The topological polar surface area (TPSA) is 107 Å². The summed E-state index contributed by atoms with van der Waals surface area (Å²) in [6.07, 6.45) is 6.02. The fraction of sp³-hybridized carbons (Fsp3) is 0.162. The van der Waals surface area contributed by atoms with Gasteiger partial charge in [0.05, 0.1) is 32.7 Å². The van der Waals surface area contributed by atoms with Gasteiger partial charge in [0.15, 0.2) is 98.6 Å². The maximum atomic E-state index is 16.6. The molecule has 2 saturated carbocycles. The van der Waals surface area contributed by atoms with Gasteiger partial charge in [-0.3, -0.25) is 0 Å². The fourth-order valence-corrected chi connectivity index (χ4v) is 21.9. The molecule has 0 spiro atoms. The largest absolute Gasteiger partial charge is 0.479 e. The minimum atomic E-state index is -0.958.